The number of nitrogens with one attached hydrogen (secondary N) is 1. The summed E-state index contributed by atoms with van der Waals surface area (Å²) in [5.41, 5.74) is 2.61. The Bertz CT molecular complexity index is 584. The van der Waals surface area contributed by atoms with Crippen LogP contribution in [0.15, 0.2) is 30.3 Å². The van der Waals surface area contributed by atoms with E-state index in [1.165, 1.54) is 6.07 Å². The molecule has 2 rings (SSSR count). The topological polar surface area (TPSA) is 34.1 Å². The van der Waals surface area contributed by atoms with Crippen molar-refractivity contribution in [1.29, 1.82) is 0 Å². The van der Waals surface area contributed by atoms with Gasteiger partial charge in [-0.25, -0.2) is 9.37 Å². The average molecular weight is 260 g/mol. The van der Waals surface area contributed by atoms with Gasteiger partial charge in [0.2, 0.25) is 5.88 Å². The number of hydrogen-bond donors (Lipinski definition) is 1. The third-order valence-electron chi connectivity index (χ3n) is 2.89. The van der Waals surface area contributed by atoms with Gasteiger partial charge in [0.25, 0.3) is 0 Å². The fourth-order valence-corrected chi connectivity index (χ4v) is 1.80. The Morgan fingerprint density at radius 3 is 2.63 bits per heavy atom. The highest BCUT2D eigenvalue weighted by atomic mass is 19.1. The van der Waals surface area contributed by atoms with Gasteiger partial charge in [0, 0.05) is 18.3 Å². The monoisotopic (exact) mass is 260 g/mol. The van der Waals surface area contributed by atoms with Gasteiger partial charge in [-0.2, -0.15) is 0 Å². The number of aromatic nitrogens is 1. The Morgan fingerprint density at radius 1 is 1.21 bits per heavy atom. The quantitative estimate of drug-likeness (QED) is 0.915. The second-order valence-corrected chi connectivity index (χ2v) is 4.44. The van der Waals surface area contributed by atoms with E-state index in [0.717, 1.165) is 17.8 Å². The van der Waals surface area contributed by atoms with Crippen LogP contribution in [0.2, 0.25) is 0 Å². The Hall–Kier alpha value is -1.94. The molecule has 0 bridgehead atoms. The summed E-state index contributed by atoms with van der Waals surface area (Å²) in [6, 6.07) is 8.45. The summed E-state index contributed by atoms with van der Waals surface area (Å²) in [5.74, 6) is 0.872. The highest BCUT2D eigenvalue weighted by Gasteiger charge is 2.05. The van der Waals surface area contributed by atoms with Crippen molar-refractivity contribution >= 4 is 0 Å². The average Bonchev–Trinajstić information content (AvgIpc) is 2.37. The molecule has 0 amide bonds. The van der Waals surface area contributed by atoms with Crippen LogP contribution in [-0.2, 0) is 6.54 Å². The van der Waals surface area contributed by atoms with Crippen molar-refractivity contribution < 1.29 is 9.13 Å². The molecule has 0 radical (unpaired) electrons. The summed E-state index contributed by atoms with van der Waals surface area (Å²) in [7, 11) is 1.89. The molecule has 19 heavy (non-hydrogen) atoms. The van der Waals surface area contributed by atoms with Crippen LogP contribution in [0.1, 0.15) is 16.8 Å². The number of aryl methyl sites for hydroxylation is 2. The molecule has 100 valence electrons. The van der Waals surface area contributed by atoms with E-state index in [9.17, 15) is 4.39 Å². The maximum atomic E-state index is 13.2. The van der Waals surface area contributed by atoms with Crippen LogP contribution in [0.25, 0.3) is 0 Å². The smallest absolute Gasteiger partial charge is 0.219 e. The minimum atomic E-state index is -0.235. The molecular weight excluding hydrogens is 243 g/mol. The van der Waals surface area contributed by atoms with E-state index in [0.29, 0.717) is 17.2 Å². The van der Waals surface area contributed by atoms with Crippen LogP contribution in [0.5, 0.6) is 11.6 Å². The van der Waals surface area contributed by atoms with Gasteiger partial charge in [-0.3, -0.25) is 0 Å². The first-order chi connectivity index (χ1) is 9.10. The number of hydrogen-bond acceptors (Lipinski definition) is 3. The summed E-state index contributed by atoms with van der Waals surface area (Å²) < 4.78 is 18.8. The van der Waals surface area contributed by atoms with E-state index in [-0.39, 0.29) is 5.82 Å². The Balaban J connectivity index is 2.19. The van der Waals surface area contributed by atoms with Gasteiger partial charge in [-0.05, 0) is 50.2 Å². The minimum absolute atomic E-state index is 0.235. The third kappa shape index (κ3) is 3.29. The molecule has 1 N–H and O–H groups in total. The van der Waals surface area contributed by atoms with Gasteiger partial charge in [-0.1, -0.05) is 6.07 Å². The molecule has 1 heterocycles. The maximum Gasteiger partial charge on any atom is 0.219 e. The van der Waals surface area contributed by atoms with Crippen LogP contribution in [0.3, 0.4) is 0 Å². The molecule has 4 heteroatoms. The fourth-order valence-electron chi connectivity index (χ4n) is 1.80. The second-order valence-electron chi connectivity index (χ2n) is 4.44. The number of halogens is 1. The SMILES string of the molecule is CNCc1ccc(Oc2ccc(F)c(C)c2)nc1C. The van der Waals surface area contributed by atoms with Gasteiger partial charge in [0.05, 0.1) is 0 Å². The van der Waals surface area contributed by atoms with Crippen molar-refractivity contribution in [3.05, 3.63) is 53.0 Å². The molecule has 0 aliphatic carbocycles. The largest absolute Gasteiger partial charge is 0.439 e. The predicted molar refractivity (Wildman–Crippen MR) is 72.9 cm³/mol. The van der Waals surface area contributed by atoms with Crippen molar-refractivity contribution in [2.75, 3.05) is 7.05 Å². The second kappa shape index (κ2) is 5.80. The molecule has 0 fully saturated rings. The van der Waals surface area contributed by atoms with Gasteiger partial charge >= 0.3 is 0 Å². The standard InChI is InChI=1S/C15H17FN2O/c1-10-8-13(5-6-14(10)16)19-15-7-4-12(9-17-3)11(2)18-15/h4-8,17H,9H2,1-3H3. The number of rotatable bonds is 4. The summed E-state index contributed by atoms with van der Waals surface area (Å²) in [6.45, 7) is 4.42. The lowest BCUT2D eigenvalue weighted by molar-refractivity contribution is 0.458. The van der Waals surface area contributed by atoms with Crippen molar-refractivity contribution in [2.24, 2.45) is 0 Å². The van der Waals surface area contributed by atoms with Gasteiger partial charge in [0.15, 0.2) is 0 Å². The Morgan fingerprint density at radius 2 is 2.00 bits per heavy atom. The lowest BCUT2D eigenvalue weighted by Gasteiger charge is -2.09. The van der Waals surface area contributed by atoms with Gasteiger partial charge in [0.1, 0.15) is 11.6 Å². The number of nitrogens with zero attached hydrogens (tertiary/aromatic N) is 1. The molecule has 0 aliphatic rings. The molecule has 1 aromatic carbocycles. The molecular formula is C15H17FN2O. The maximum absolute atomic E-state index is 13.2. The zero-order chi connectivity index (χ0) is 13.8. The first-order valence-electron chi connectivity index (χ1n) is 6.15. The highest BCUT2D eigenvalue weighted by Crippen LogP contribution is 2.22. The third-order valence-corrected chi connectivity index (χ3v) is 2.89. The Labute approximate surface area is 112 Å². The summed E-state index contributed by atoms with van der Waals surface area (Å²) in [4.78, 5) is 4.38. The molecule has 3 nitrogen and oxygen atoms in total. The summed E-state index contributed by atoms with van der Waals surface area (Å²) in [5, 5.41) is 3.09. The zero-order valence-electron chi connectivity index (χ0n) is 11.3. The van der Waals surface area contributed by atoms with Crippen LogP contribution in [0.4, 0.5) is 4.39 Å². The van der Waals surface area contributed by atoms with Gasteiger partial charge < -0.3 is 10.1 Å². The lowest BCUT2D eigenvalue weighted by atomic mass is 10.2. The molecule has 0 saturated carbocycles. The van der Waals surface area contributed by atoms with Gasteiger partial charge in [-0.15, -0.1) is 0 Å². The van der Waals surface area contributed by atoms with Crippen molar-refractivity contribution in [1.82, 2.24) is 10.3 Å². The van der Waals surface area contributed by atoms with E-state index in [4.69, 9.17) is 4.74 Å². The molecule has 0 unspecified atom stereocenters. The first kappa shape index (κ1) is 13.5. The Kier molecular flexibility index (Phi) is 4.12. The first-order valence-corrected chi connectivity index (χ1v) is 6.15. The van der Waals surface area contributed by atoms with E-state index >= 15 is 0 Å². The van der Waals surface area contributed by atoms with Crippen LogP contribution in [0, 0.1) is 19.7 Å². The zero-order valence-corrected chi connectivity index (χ0v) is 11.3. The molecule has 2 aromatic rings. The predicted octanol–water partition coefficient (Wildman–Crippen LogP) is 3.35. The lowest BCUT2D eigenvalue weighted by Crippen LogP contribution is -2.07. The highest BCUT2D eigenvalue weighted by molar-refractivity contribution is 5.33. The number of benzene rings is 1. The van der Waals surface area contributed by atoms with E-state index in [1.54, 1.807) is 19.1 Å². The molecule has 0 spiro atoms. The van der Waals surface area contributed by atoms with E-state index in [1.807, 2.05) is 26.1 Å². The molecule has 0 atom stereocenters. The van der Waals surface area contributed by atoms with Crippen LogP contribution < -0.4 is 10.1 Å². The van der Waals surface area contributed by atoms with Crippen molar-refractivity contribution in [3.8, 4) is 11.6 Å². The molecule has 0 aliphatic heterocycles. The molecule has 0 saturated heterocycles. The van der Waals surface area contributed by atoms with Crippen molar-refractivity contribution in [2.45, 2.75) is 20.4 Å². The van der Waals surface area contributed by atoms with E-state index < -0.39 is 0 Å². The van der Waals surface area contributed by atoms with Crippen molar-refractivity contribution in [3.63, 3.8) is 0 Å². The van der Waals surface area contributed by atoms with Crippen LogP contribution >= 0.6 is 0 Å². The minimum Gasteiger partial charge on any atom is -0.439 e. The number of pyridine rings is 1. The number of ether oxygens (including phenoxy) is 1. The fraction of sp³-hybridized carbons (Fsp3) is 0.267. The van der Waals surface area contributed by atoms with E-state index in [2.05, 4.69) is 10.3 Å². The van der Waals surface area contributed by atoms with Crippen LogP contribution in [-0.4, -0.2) is 12.0 Å². The summed E-state index contributed by atoms with van der Waals surface area (Å²) >= 11 is 0. The normalized spacial score (nSPS) is 10.5. The summed E-state index contributed by atoms with van der Waals surface area (Å²) in [6.07, 6.45) is 0. The molecule has 1 aromatic heterocycles.